The molecule has 0 aromatic heterocycles. The van der Waals surface area contributed by atoms with Crippen molar-refractivity contribution in [1.29, 1.82) is 0 Å². The van der Waals surface area contributed by atoms with Crippen LogP contribution >= 0.6 is 12.2 Å². The summed E-state index contributed by atoms with van der Waals surface area (Å²) in [5.74, 6) is 0.686. The van der Waals surface area contributed by atoms with Crippen LogP contribution in [0.1, 0.15) is 32.6 Å². The average Bonchev–Trinajstić information content (AvgIpc) is 2.04. The first-order chi connectivity index (χ1) is 5.77. The van der Waals surface area contributed by atoms with Gasteiger partial charge in [-0.25, -0.2) is 0 Å². The third kappa shape index (κ3) is 1.42. The molecule has 0 spiro atoms. The summed E-state index contributed by atoms with van der Waals surface area (Å²) in [4.78, 5) is 0. The highest BCUT2D eigenvalue weighted by molar-refractivity contribution is 7.80. The summed E-state index contributed by atoms with van der Waals surface area (Å²) in [5, 5.41) is 3.86. The van der Waals surface area contributed by atoms with Crippen LogP contribution in [0, 0.1) is 5.92 Å². The molecule has 12 heavy (non-hydrogen) atoms. The first kappa shape index (κ1) is 8.30. The predicted molar refractivity (Wildman–Crippen MR) is 52.0 cm³/mol. The molecule has 0 aromatic carbocycles. The molecule has 68 valence electrons. The Kier molecular flexibility index (Phi) is 2.22. The molecule has 1 saturated carbocycles. The standard InChI is InChI=1S/C9H15NOS/c1-6-7-4-2-3-5-8(7)10-9(12)11-6/h6-8H,2-5H2,1H3,(H,10,12)/t6-,7-,8+/m1/s1. The van der Waals surface area contributed by atoms with Crippen molar-refractivity contribution in [2.45, 2.75) is 44.8 Å². The van der Waals surface area contributed by atoms with Gasteiger partial charge in [0.15, 0.2) is 0 Å². The molecule has 1 heterocycles. The summed E-state index contributed by atoms with van der Waals surface area (Å²) < 4.78 is 5.48. The maximum atomic E-state index is 5.48. The van der Waals surface area contributed by atoms with Crippen molar-refractivity contribution in [3.63, 3.8) is 0 Å². The van der Waals surface area contributed by atoms with Crippen LogP contribution in [0.3, 0.4) is 0 Å². The molecule has 1 N–H and O–H groups in total. The Balaban J connectivity index is 2.06. The van der Waals surface area contributed by atoms with Crippen LogP contribution in [-0.2, 0) is 4.74 Å². The lowest BCUT2D eigenvalue weighted by Gasteiger charge is -2.40. The van der Waals surface area contributed by atoms with Crippen molar-refractivity contribution >= 4 is 17.4 Å². The molecule has 1 saturated heterocycles. The Morgan fingerprint density at radius 1 is 1.42 bits per heavy atom. The fraction of sp³-hybridized carbons (Fsp3) is 0.889. The van der Waals surface area contributed by atoms with E-state index in [1.165, 1.54) is 25.7 Å². The Hall–Kier alpha value is -0.310. The Bertz CT molecular complexity index is 195. The summed E-state index contributed by atoms with van der Waals surface area (Å²) >= 11 is 5.02. The first-order valence-electron chi connectivity index (χ1n) is 4.74. The molecule has 0 aromatic rings. The van der Waals surface area contributed by atoms with Crippen LogP contribution in [0.4, 0.5) is 0 Å². The number of hydrogen-bond acceptors (Lipinski definition) is 2. The van der Waals surface area contributed by atoms with E-state index in [0.717, 1.165) is 0 Å². The fourth-order valence-electron chi connectivity index (χ4n) is 2.34. The van der Waals surface area contributed by atoms with Crippen LogP contribution in [0.25, 0.3) is 0 Å². The van der Waals surface area contributed by atoms with E-state index in [1.54, 1.807) is 0 Å². The Labute approximate surface area is 78.7 Å². The van der Waals surface area contributed by atoms with E-state index in [-0.39, 0.29) is 0 Å². The smallest absolute Gasteiger partial charge is 0.257 e. The van der Waals surface area contributed by atoms with E-state index in [0.29, 0.717) is 23.2 Å². The van der Waals surface area contributed by atoms with Crippen molar-refractivity contribution < 1.29 is 4.74 Å². The highest BCUT2D eigenvalue weighted by Crippen LogP contribution is 2.30. The zero-order chi connectivity index (χ0) is 8.55. The maximum absolute atomic E-state index is 5.48. The minimum Gasteiger partial charge on any atom is -0.468 e. The summed E-state index contributed by atoms with van der Waals surface area (Å²) in [6.45, 7) is 2.14. The van der Waals surface area contributed by atoms with Gasteiger partial charge in [0.2, 0.25) is 0 Å². The third-order valence-electron chi connectivity index (χ3n) is 3.02. The molecule has 2 rings (SSSR count). The molecule has 2 nitrogen and oxygen atoms in total. The molecule has 3 atom stereocenters. The second-order valence-electron chi connectivity index (χ2n) is 3.81. The van der Waals surface area contributed by atoms with Gasteiger partial charge < -0.3 is 10.1 Å². The normalized spacial score (nSPS) is 41.1. The lowest BCUT2D eigenvalue weighted by molar-refractivity contribution is 0.0583. The van der Waals surface area contributed by atoms with Crippen molar-refractivity contribution in [2.24, 2.45) is 5.92 Å². The highest BCUT2D eigenvalue weighted by Gasteiger charge is 2.35. The molecule has 2 fully saturated rings. The number of ether oxygens (including phenoxy) is 1. The number of hydrogen-bond donors (Lipinski definition) is 1. The van der Waals surface area contributed by atoms with Crippen molar-refractivity contribution in [3.05, 3.63) is 0 Å². The average molecular weight is 185 g/mol. The van der Waals surface area contributed by atoms with Gasteiger partial charge in [0.25, 0.3) is 5.17 Å². The van der Waals surface area contributed by atoms with Gasteiger partial charge in [-0.3, -0.25) is 0 Å². The number of thiocarbonyl (C=S) groups is 1. The molecule has 0 unspecified atom stereocenters. The van der Waals surface area contributed by atoms with Gasteiger partial charge in [-0.05, 0) is 32.0 Å². The monoisotopic (exact) mass is 185 g/mol. The molecular formula is C9H15NOS. The van der Waals surface area contributed by atoms with E-state index >= 15 is 0 Å². The van der Waals surface area contributed by atoms with E-state index in [9.17, 15) is 0 Å². The topological polar surface area (TPSA) is 21.3 Å². The molecule has 1 aliphatic heterocycles. The van der Waals surface area contributed by atoms with Crippen molar-refractivity contribution in [2.75, 3.05) is 0 Å². The van der Waals surface area contributed by atoms with Crippen molar-refractivity contribution in [1.82, 2.24) is 5.32 Å². The molecule has 2 aliphatic rings. The largest absolute Gasteiger partial charge is 0.468 e. The van der Waals surface area contributed by atoms with Gasteiger partial charge in [0.05, 0.1) is 0 Å². The quantitative estimate of drug-likeness (QED) is 0.582. The number of fused-ring (bicyclic) bond motifs is 1. The molecule has 0 bridgehead atoms. The van der Waals surface area contributed by atoms with Gasteiger partial charge in [0, 0.05) is 12.0 Å². The van der Waals surface area contributed by atoms with Gasteiger partial charge in [-0.2, -0.15) is 0 Å². The zero-order valence-electron chi connectivity index (χ0n) is 7.38. The van der Waals surface area contributed by atoms with E-state index in [1.807, 2.05) is 0 Å². The summed E-state index contributed by atoms with van der Waals surface area (Å²) in [6.07, 6.45) is 5.57. The molecule has 1 aliphatic carbocycles. The minimum absolute atomic E-state index is 0.323. The minimum atomic E-state index is 0.323. The maximum Gasteiger partial charge on any atom is 0.257 e. The molecule has 0 amide bonds. The first-order valence-corrected chi connectivity index (χ1v) is 5.15. The molecular weight excluding hydrogens is 170 g/mol. The summed E-state index contributed by atoms with van der Waals surface area (Å²) in [7, 11) is 0. The van der Waals surface area contributed by atoms with E-state index in [4.69, 9.17) is 17.0 Å². The second-order valence-corrected chi connectivity index (χ2v) is 4.18. The number of rotatable bonds is 0. The van der Waals surface area contributed by atoms with Gasteiger partial charge >= 0.3 is 0 Å². The Morgan fingerprint density at radius 2 is 2.17 bits per heavy atom. The van der Waals surface area contributed by atoms with Crippen LogP contribution in [0.5, 0.6) is 0 Å². The van der Waals surface area contributed by atoms with Gasteiger partial charge in [0.1, 0.15) is 6.10 Å². The Morgan fingerprint density at radius 3 is 3.00 bits per heavy atom. The van der Waals surface area contributed by atoms with Crippen LogP contribution in [0.2, 0.25) is 0 Å². The summed E-state index contributed by atoms with van der Waals surface area (Å²) in [6, 6.07) is 0.593. The molecule has 3 heteroatoms. The number of nitrogens with one attached hydrogen (secondary N) is 1. The van der Waals surface area contributed by atoms with Crippen LogP contribution < -0.4 is 5.32 Å². The second kappa shape index (κ2) is 3.21. The third-order valence-corrected chi connectivity index (χ3v) is 3.23. The summed E-state index contributed by atoms with van der Waals surface area (Å²) in [5.41, 5.74) is 0. The van der Waals surface area contributed by atoms with Crippen molar-refractivity contribution in [3.8, 4) is 0 Å². The predicted octanol–water partition coefficient (Wildman–Crippen LogP) is 1.84. The van der Waals surface area contributed by atoms with E-state index < -0.39 is 0 Å². The van der Waals surface area contributed by atoms with Gasteiger partial charge in [-0.1, -0.05) is 12.8 Å². The highest BCUT2D eigenvalue weighted by atomic mass is 32.1. The van der Waals surface area contributed by atoms with E-state index in [2.05, 4.69) is 12.2 Å². The van der Waals surface area contributed by atoms with Crippen LogP contribution in [-0.4, -0.2) is 17.3 Å². The SMILES string of the molecule is C[C@H]1OC(=S)N[C@H]2CCCC[C@@H]21. The lowest BCUT2D eigenvalue weighted by Crippen LogP contribution is -2.52. The van der Waals surface area contributed by atoms with Gasteiger partial charge in [-0.15, -0.1) is 0 Å². The zero-order valence-corrected chi connectivity index (χ0v) is 8.19. The molecule has 0 radical (unpaired) electrons. The fourth-order valence-corrected chi connectivity index (χ4v) is 2.65. The lowest BCUT2D eigenvalue weighted by atomic mass is 9.81. The van der Waals surface area contributed by atoms with Crippen LogP contribution in [0.15, 0.2) is 0 Å².